The normalized spacial score (nSPS) is 10.8. The summed E-state index contributed by atoms with van der Waals surface area (Å²) in [7, 11) is 0. The summed E-state index contributed by atoms with van der Waals surface area (Å²) in [4.78, 5) is 15.7. The minimum atomic E-state index is 0.0370. The van der Waals surface area contributed by atoms with Crippen molar-refractivity contribution in [1.82, 2.24) is 20.0 Å². The van der Waals surface area contributed by atoms with Gasteiger partial charge in [-0.1, -0.05) is 24.3 Å². The van der Waals surface area contributed by atoms with Gasteiger partial charge in [0.2, 0.25) is 0 Å². The molecule has 0 aliphatic carbocycles. The minimum Gasteiger partial charge on any atom is -0.292 e. The fourth-order valence-electron chi connectivity index (χ4n) is 1.92. The van der Waals surface area contributed by atoms with Crippen molar-refractivity contribution >= 4 is 16.8 Å². The van der Waals surface area contributed by atoms with E-state index in [1.54, 1.807) is 16.9 Å². The highest BCUT2D eigenvalue weighted by atomic mass is 16.1. The number of para-hydroxylation sites is 1. The Morgan fingerprint density at radius 1 is 1.21 bits per heavy atom. The number of benzene rings is 1. The van der Waals surface area contributed by atoms with E-state index in [1.807, 2.05) is 37.3 Å². The average Bonchev–Trinajstić information content (AvgIpc) is 2.90. The van der Waals surface area contributed by atoms with Gasteiger partial charge in [0.25, 0.3) is 0 Å². The molecule has 0 N–H and O–H groups in total. The molecule has 2 heterocycles. The third-order valence-electron chi connectivity index (χ3n) is 2.95. The molecular formula is C14H12N4O. The second kappa shape index (κ2) is 4.61. The average molecular weight is 252 g/mol. The summed E-state index contributed by atoms with van der Waals surface area (Å²) in [6.07, 6.45) is 2.10. The van der Waals surface area contributed by atoms with Gasteiger partial charge in [0.15, 0.2) is 5.78 Å². The Morgan fingerprint density at radius 3 is 2.79 bits per heavy atom. The van der Waals surface area contributed by atoms with E-state index in [0.29, 0.717) is 12.1 Å². The highest BCUT2D eigenvalue weighted by molar-refractivity contribution is 5.94. The third-order valence-corrected chi connectivity index (χ3v) is 2.95. The summed E-state index contributed by atoms with van der Waals surface area (Å²) in [6, 6.07) is 11.3. The van der Waals surface area contributed by atoms with Crippen molar-refractivity contribution in [3.8, 4) is 5.69 Å². The highest BCUT2D eigenvalue weighted by Gasteiger charge is 2.08. The van der Waals surface area contributed by atoms with Gasteiger partial charge in [-0.2, -0.15) is 0 Å². The quantitative estimate of drug-likeness (QED) is 0.671. The molecule has 2 aromatic heterocycles. The van der Waals surface area contributed by atoms with Gasteiger partial charge in [0, 0.05) is 6.42 Å². The number of hydrogen-bond acceptors (Lipinski definition) is 4. The van der Waals surface area contributed by atoms with Gasteiger partial charge < -0.3 is 0 Å². The van der Waals surface area contributed by atoms with Crippen LogP contribution in [-0.4, -0.2) is 25.8 Å². The van der Waals surface area contributed by atoms with Crippen LogP contribution in [0.25, 0.3) is 16.7 Å². The second-order valence-corrected chi connectivity index (χ2v) is 4.17. The first kappa shape index (κ1) is 11.5. The van der Waals surface area contributed by atoms with Crippen molar-refractivity contribution in [2.75, 3.05) is 0 Å². The number of Topliss-reactive ketones (excluding diaryl/α,β-unsaturated/α-hetero) is 1. The van der Waals surface area contributed by atoms with E-state index in [4.69, 9.17) is 0 Å². The Kier molecular flexibility index (Phi) is 2.79. The van der Waals surface area contributed by atoms with Crippen LogP contribution in [0.15, 0.2) is 42.6 Å². The number of aromatic nitrogens is 4. The van der Waals surface area contributed by atoms with Crippen LogP contribution < -0.4 is 0 Å². The molecule has 0 atom stereocenters. The molecule has 0 bridgehead atoms. The SMILES string of the molecule is CCC(=O)c1ccc(-n2nnc3ccccc32)cn1. The number of rotatable bonds is 3. The summed E-state index contributed by atoms with van der Waals surface area (Å²) >= 11 is 0. The van der Waals surface area contributed by atoms with E-state index in [-0.39, 0.29) is 5.78 Å². The van der Waals surface area contributed by atoms with E-state index < -0.39 is 0 Å². The maximum atomic E-state index is 11.5. The smallest absolute Gasteiger partial charge is 0.180 e. The zero-order chi connectivity index (χ0) is 13.2. The summed E-state index contributed by atoms with van der Waals surface area (Å²) < 4.78 is 1.71. The van der Waals surface area contributed by atoms with Crippen LogP contribution in [0.3, 0.4) is 0 Å². The molecule has 0 fully saturated rings. The van der Waals surface area contributed by atoms with Crippen molar-refractivity contribution in [3.63, 3.8) is 0 Å². The fraction of sp³-hybridized carbons (Fsp3) is 0.143. The molecule has 5 nitrogen and oxygen atoms in total. The maximum absolute atomic E-state index is 11.5. The number of fused-ring (bicyclic) bond motifs is 1. The summed E-state index contributed by atoms with van der Waals surface area (Å²) in [5, 5.41) is 8.19. The number of carbonyl (C=O) groups excluding carboxylic acids is 1. The van der Waals surface area contributed by atoms with Crippen molar-refractivity contribution in [2.45, 2.75) is 13.3 Å². The van der Waals surface area contributed by atoms with Crippen LogP contribution >= 0.6 is 0 Å². The molecule has 3 aromatic rings. The summed E-state index contributed by atoms with van der Waals surface area (Å²) in [5.41, 5.74) is 3.02. The van der Waals surface area contributed by atoms with Gasteiger partial charge in [-0.05, 0) is 24.3 Å². The molecule has 0 aliphatic rings. The van der Waals surface area contributed by atoms with E-state index in [1.165, 1.54) is 0 Å². The molecule has 0 saturated carbocycles. The summed E-state index contributed by atoms with van der Waals surface area (Å²) in [6.45, 7) is 1.82. The molecule has 0 spiro atoms. The topological polar surface area (TPSA) is 60.7 Å². The summed E-state index contributed by atoms with van der Waals surface area (Å²) in [5.74, 6) is 0.0370. The number of hydrogen-bond donors (Lipinski definition) is 0. The number of carbonyl (C=O) groups is 1. The van der Waals surface area contributed by atoms with Crippen molar-refractivity contribution in [1.29, 1.82) is 0 Å². The Labute approximate surface area is 109 Å². The van der Waals surface area contributed by atoms with E-state index in [0.717, 1.165) is 16.7 Å². The lowest BCUT2D eigenvalue weighted by Gasteiger charge is -2.02. The van der Waals surface area contributed by atoms with Crippen LogP contribution in [0.5, 0.6) is 0 Å². The molecule has 0 unspecified atom stereocenters. The Balaban J connectivity index is 2.05. The van der Waals surface area contributed by atoms with Crippen molar-refractivity contribution < 1.29 is 4.79 Å². The Morgan fingerprint density at radius 2 is 2.05 bits per heavy atom. The van der Waals surface area contributed by atoms with E-state index in [2.05, 4.69) is 15.3 Å². The first-order chi connectivity index (χ1) is 9.29. The molecule has 19 heavy (non-hydrogen) atoms. The lowest BCUT2D eigenvalue weighted by molar-refractivity contribution is 0.0983. The maximum Gasteiger partial charge on any atom is 0.180 e. The standard InChI is InChI=1S/C14H12N4O/c1-2-14(19)12-8-7-10(9-15-12)18-13-6-4-3-5-11(13)16-17-18/h3-9H,2H2,1H3. The predicted octanol–water partition coefficient (Wildman–Crippen LogP) is 2.41. The van der Waals surface area contributed by atoms with Crippen LogP contribution in [-0.2, 0) is 0 Å². The zero-order valence-corrected chi connectivity index (χ0v) is 10.4. The van der Waals surface area contributed by atoms with E-state index >= 15 is 0 Å². The number of nitrogens with zero attached hydrogens (tertiary/aromatic N) is 4. The lowest BCUT2D eigenvalue weighted by Crippen LogP contribution is -2.02. The monoisotopic (exact) mass is 252 g/mol. The van der Waals surface area contributed by atoms with Crippen molar-refractivity contribution in [3.05, 3.63) is 48.3 Å². The van der Waals surface area contributed by atoms with Gasteiger partial charge in [-0.25, -0.2) is 4.68 Å². The molecule has 3 rings (SSSR count). The second-order valence-electron chi connectivity index (χ2n) is 4.17. The van der Waals surface area contributed by atoms with Crippen LogP contribution in [0.4, 0.5) is 0 Å². The molecule has 94 valence electrons. The van der Waals surface area contributed by atoms with Gasteiger partial charge in [0.1, 0.15) is 11.2 Å². The molecule has 0 aliphatic heterocycles. The van der Waals surface area contributed by atoms with Crippen LogP contribution in [0.2, 0.25) is 0 Å². The number of ketones is 1. The Bertz CT molecular complexity index is 731. The minimum absolute atomic E-state index is 0.0370. The zero-order valence-electron chi connectivity index (χ0n) is 10.4. The van der Waals surface area contributed by atoms with Gasteiger partial charge >= 0.3 is 0 Å². The van der Waals surface area contributed by atoms with Crippen LogP contribution in [0.1, 0.15) is 23.8 Å². The number of pyridine rings is 1. The van der Waals surface area contributed by atoms with E-state index in [9.17, 15) is 4.79 Å². The van der Waals surface area contributed by atoms with Gasteiger partial charge in [-0.3, -0.25) is 9.78 Å². The molecule has 1 aromatic carbocycles. The lowest BCUT2D eigenvalue weighted by atomic mass is 10.2. The molecule has 0 saturated heterocycles. The highest BCUT2D eigenvalue weighted by Crippen LogP contribution is 2.15. The Hall–Kier alpha value is -2.56. The van der Waals surface area contributed by atoms with Crippen LogP contribution in [0, 0.1) is 0 Å². The predicted molar refractivity (Wildman–Crippen MR) is 71.3 cm³/mol. The molecule has 0 amide bonds. The molecular weight excluding hydrogens is 240 g/mol. The fourth-order valence-corrected chi connectivity index (χ4v) is 1.92. The molecule has 5 heteroatoms. The van der Waals surface area contributed by atoms with Gasteiger partial charge in [0.05, 0.1) is 17.4 Å². The van der Waals surface area contributed by atoms with Crippen molar-refractivity contribution in [2.24, 2.45) is 0 Å². The van der Waals surface area contributed by atoms with Gasteiger partial charge in [-0.15, -0.1) is 5.10 Å². The third kappa shape index (κ3) is 1.99. The first-order valence-corrected chi connectivity index (χ1v) is 6.09. The molecule has 0 radical (unpaired) electrons. The largest absolute Gasteiger partial charge is 0.292 e. The first-order valence-electron chi connectivity index (χ1n) is 6.09.